The van der Waals surface area contributed by atoms with Gasteiger partial charge in [0.15, 0.2) is 5.17 Å². The van der Waals surface area contributed by atoms with Gasteiger partial charge in [0.25, 0.3) is 0 Å². The Labute approximate surface area is 88.1 Å². The van der Waals surface area contributed by atoms with Crippen LogP contribution in [0.2, 0.25) is 0 Å². The molecule has 0 saturated carbocycles. The average molecular weight is 204 g/mol. The minimum Gasteiger partial charge on any atom is -0.327 e. The van der Waals surface area contributed by atoms with Gasteiger partial charge in [-0.2, -0.15) is 0 Å². The van der Waals surface area contributed by atoms with Crippen molar-refractivity contribution in [1.82, 2.24) is 4.90 Å². The Morgan fingerprint density at radius 2 is 2.07 bits per heavy atom. The van der Waals surface area contributed by atoms with E-state index in [1.54, 1.807) is 11.8 Å². The maximum absolute atomic E-state index is 7.61. The first-order valence-corrected chi connectivity index (χ1v) is 5.56. The normalized spacial score (nSPS) is 16.9. The lowest BCUT2D eigenvalue weighted by Gasteiger charge is -2.09. The first-order valence-electron chi connectivity index (χ1n) is 4.57. The number of thioether (sulfide) groups is 1. The van der Waals surface area contributed by atoms with Gasteiger partial charge in [-0.25, -0.2) is 0 Å². The summed E-state index contributed by atoms with van der Waals surface area (Å²) in [7, 11) is 0. The van der Waals surface area contributed by atoms with Crippen LogP contribution in [0.4, 0.5) is 0 Å². The predicted molar refractivity (Wildman–Crippen MR) is 62.4 cm³/mol. The van der Waals surface area contributed by atoms with Crippen molar-refractivity contribution < 1.29 is 0 Å². The van der Waals surface area contributed by atoms with E-state index in [1.165, 1.54) is 5.56 Å². The van der Waals surface area contributed by atoms with Gasteiger partial charge < -0.3 is 4.90 Å². The summed E-state index contributed by atoms with van der Waals surface area (Å²) in [5.41, 5.74) is 1.18. The average Bonchev–Trinajstić information content (AvgIpc) is 2.63. The van der Waals surface area contributed by atoms with E-state index >= 15 is 0 Å². The maximum atomic E-state index is 7.61. The number of nitrogens with zero attached hydrogens (tertiary/aromatic N) is 1. The van der Waals surface area contributed by atoms with Crippen molar-refractivity contribution in [2.75, 3.05) is 12.3 Å². The summed E-state index contributed by atoms with van der Waals surface area (Å²) in [4.78, 5) is 1.97. The zero-order valence-corrected chi connectivity index (χ0v) is 8.63. The molecule has 0 bridgehead atoms. The predicted octanol–water partition coefficient (Wildman–Crippen LogP) is 2.64. The lowest BCUT2D eigenvalue weighted by molar-refractivity contribution is 0.621. The number of nitrogens with one attached hydrogen (secondary N) is 1. The number of amidine groups is 1. The molecular formula is C11H12N2S. The highest BCUT2D eigenvalue weighted by Crippen LogP contribution is 2.16. The van der Waals surface area contributed by atoms with Gasteiger partial charge >= 0.3 is 0 Å². The van der Waals surface area contributed by atoms with Gasteiger partial charge in [0.2, 0.25) is 0 Å². The van der Waals surface area contributed by atoms with Gasteiger partial charge in [-0.3, -0.25) is 5.41 Å². The Balaban J connectivity index is 2.03. The van der Waals surface area contributed by atoms with Crippen LogP contribution >= 0.6 is 11.8 Å². The van der Waals surface area contributed by atoms with Crippen molar-refractivity contribution in [3.63, 3.8) is 0 Å². The fourth-order valence-electron chi connectivity index (χ4n) is 1.31. The smallest absolute Gasteiger partial charge is 0.160 e. The zero-order valence-electron chi connectivity index (χ0n) is 7.81. The summed E-state index contributed by atoms with van der Waals surface area (Å²) in [5.74, 6) is 1.03. The zero-order chi connectivity index (χ0) is 9.80. The molecule has 2 nitrogen and oxygen atoms in total. The van der Waals surface area contributed by atoms with E-state index in [-0.39, 0.29) is 0 Å². The fraction of sp³-hybridized carbons (Fsp3) is 0.182. The van der Waals surface area contributed by atoms with E-state index < -0.39 is 0 Å². The Morgan fingerprint density at radius 1 is 1.29 bits per heavy atom. The van der Waals surface area contributed by atoms with Crippen molar-refractivity contribution in [2.24, 2.45) is 0 Å². The maximum Gasteiger partial charge on any atom is 0.160 e. The molecule has 0 aromatic heterocycles. The minimum absolute atomic E-state index is 0.650. The second-order valence-corrected chi connectivity index (χ2v) is 4.16. The molecule has 1 saturated heterocycles. The molecule has 3 heteroatoms. The molecule has 0 radical (unpaired) electrons. The molecule has 0 unspecified atom stereocenters. The summed E-state index contributed by atoms with van der Waals surface area (Å²) in [6.07, 6.45) is 4.03. The van der Waals surface area contributed by atoms with Crippen LogP contribution in [0.25, 0.3) is 6.08 Å². The van der Waals surface area contributed by atoms with Crippen LogP contribution in [0, 0.1) is 5.41 Å². The van der Waals surface area contributed by atoms with Crippen LogP contribution in [0.1, 0.15) is 5.56 Å². The second-order valence-electron chi connectivity index (χ2n) is 3.07. The van der Waals surface area contributed by atoms with Crippen LogP contribution in [-0.2, 0) is 0 Å². The van der Waals surface area contributed by atoms with Crippen LogP contribution in [0.5, 0.6) is 0 Å². The third-order valence-corrected chi connectivity index (χ3v) is 2.97. The second kappa shape index (κ2) is 4.33. The molecule has 0 atom stereocenters. The van der Waals surface area contributed by atoms with E-state index in [9.17, 15) is 0 Å². The standard InChI is InChI=1S/C11H12N2S/c12-11-13(8-9-14-11)7-6-10-4-2-1-3-5-10/h1-7,12H,8-9H2/b7-6-,12-11?. The number of rotatable bonds is 2. The molecule has 1 fully saturated rings. The van der Waals surface area contributed by atoms with Gasteiger partial charge in [-0.15, -0.1) is 0 Å². The number of benzene rings is 1. The van der Waals surface area contributed by atoms with Crippen molar-refractivity contribution in [2.45, 2.75) is 0 Å². The van der Waals surface area contributed by atoms with Crippen LogP contribution < -0.4 is 0 Å². The number of hydrogen-bond acceptors (Lipinski definition) is 2. The van der Waals surface area contributed by atoms with Crippen LogP contribution in [0.15, 0.2) is 36.5 Å². The molecule has 0 spiro atoms. The summed E-state index contributed by atoms with van der Waals surface area (Å²) >= 11 is 1.60. The van der Waals surface area contributed by atoms with Crippen molar-refractivity contribution >= 4 is 23.0 Å². The Morgan fingerprint density at radius 3 is 2.71 bits per heavy atom. The summed E-state index contributed by atoms with van der Waals surface area (Å²) in [6.45, 7) is 0.951. The molecule has 2 rings (SSSR count). The largest absolute Gasteiger partial charge is 0.327 e. The molecule has 0 amide bonds. The van der Waals surface area contributed by atoms with Crippen molar-refractivity contribution in [3.8, 4) is 0 Å². The SMILES string of the molecule is N=C1SCCN1/C=C\c1ccccc1. The molecule has 14 heavy (non-hydrogen) atoms. The van der Waals surface area contributed by atoms with E-state index in [0.717, 1.165) is 12.3 Å². The van der Waals surface area contributed by atoms with Crippen LogP contribution in [0.3, 0.4) is 0 Å². The monoisotopic (exact) mass is 204 g/mol. The van der Waals surface area contributed by atoms with E-state index in [1.807, 2.05) is 35.4 Å². The summed E-state index contributed by atoms with van der Waals surface area (Å²) < 4.78 is 0. The Hall–Kier alpha value is -1.22. The quantitative estimate of drug-likeness (QED) is 0.801. The van der Waals surface area contributed by atoms with Crippen molar-refractivity contribution in [1.29, 1.82) is 5.41 Å². The topological polar surface area (TPSA) is 27.1 Å². The molecule has 1 N–H and O–H groups in total. The van der Waals surface area contributed by atoms with Gasteiger partial charge in [-0.1, -0.05) is 42.1 Å². The first-order chi connectivity index (χ1) is 6.86. The molecule has 1 aromatic carbocycles. The Bertz CT molecular complexity index is 346. The first kappa shape index (κ1) is 9.34. The number of hydrogen-bond donors (Lipinski definition) is 1. The lowest BCUT2D eigenvalue weighted by Crippen LogP contribution is -2.15. The summed E-state index contributed by atoms with van der Waals surface area (Å²) in [6, 6.07) is 10.2. The van der Waals surface area contributed by atoms with Gasteiger partial charge in [-0.05, 0) is 11.6 Å². The highest BCUT2D eigenvalue weighted by Gasteiger charge is 2.14. The highest BCUT2D eigenvalue weighted by molar-refractivity contribution is 8.14. The fourth-order valence-corrected chi connectivity index (χ4v) is 2.11. The van der Waals surface area contributed by atoms with E-state index in [4.69, 9.17) is 5.41 Å². The molecule has 72 valence electrons. The highest BCUT2D eigenvalue weighted by atomic mass is 32.2. The minimum atomic E-state index is 0.650. The van der Waals surface area contributed by atoms with Crippen LogP contribution in [-0.4, -0.2) is 22.4 Å². The molecule has 1 aromatic rings. The van der Waals surface area contributed by atoms with E-state index in [2.05, 4.69) is 12.1 Å². The lowest BCUT2D eigenvalue weighted by atomic mass is 10.2. The molecule has 1 heterocycles. The van der Waals surface area contributed by atoms with Gasteiger partial charge in [0.1, 0.15) is 0 Å². The molecule has 1 aliphatic rings. The van der Waals surface area contributed by atoms with E-state index in [0.29, 0.717) is 5.17 Å². The van der Waals surface area contributed by atoms with Crippen molar-refractivity contribution in [3.05, 3.63) is 42.1 Å². The molecular weight excluding hydrogens is 192 g/mol. The third-order valence-electron chi connectivity index (χ3n) is 2.08. The molecule has 1 aliphatic heterocycles. The summed E-state index contributed by atoms with van der Waals surface area (Å²) in [5, 5.41) is 8.26. The molecule has 0 aliphatic carbocycles. The van der Waals surface area contributed by atoms with Gasteiger partial charge in [0.05, 0.1) is 0 Å². The van der Waals surface area contributed by atoms with Gasteiger partial charge in [0, 0.05) is 18.5 Å². The third kappa shape index (κ3) is 2.17. The Kier molecular flexibility index (Phi) is 2.89.